The molecule has 3 atom stereocenters. The lowest BCUT2D eigenvalue weighted by molar-refractivity contribution is -0.148. The van der Waals surface area contributed by atoms with E-state index in [1.165, 1.54) is 0 Å². The molecule has 3 heteroatoms. The lowest BCUT2D eigenvalue weighted by Gasteiger charge is -2.41. The van der Waals surface area contributed by atoms with Crippen LogP contribution in [0.1, 0.15) is 16.7 Å². The van der Waals surface area contributed by atoms with E-state index in [0.29, 0.717) is 6.61 Å². The largest absolute Gasteiger partial charge is 0.465 e. The van der Waals surface area contributed by atoms with E-state index < -0.39 is 11.5 Å². The third-order valence-electron chi connectivity index (χ3n) is 4.74. The molecule has 2 aromatic rings. The van der Waals surface area contributed by atoms with E-state index in [-0.39, 0.29) is 11.9 Å². The Hall–Kier alpha value is -2.13. The second-order valence-corrected chi connectivity index (χ2v) is 5.86. The van der Waals surface area contributed by atoms with Crippen molar-refractivity contribution in [3.63, 3.8) is 0 Å². The van der Waals surface area contributed by atoms with Gasteiger partial charge in [-0.05, 0) is 23.1 Å². The molecular weight excluding hydrogens is 264 g/mol. The van der Waals surface area contributed by atoms with Gasteiger partial charge in [0.15, 0.2) is 0 Å². The van der Waals surface area contributed by atoms with Crippen LogP contribution < -0.4 is 0 Å². The number of hydrogen-bond acceptors (Lipinski definition) is 3. The maximum atomic E-state index is 12.2. The highest BCUT2D eigenvalue weighted by Crippen LogP contribution is 2.49. The standard InChI is InChI=1S/C18H16O3/c19-17-16-13(11-21-17)10-12-6-4-5-9-15(12)18(16,20)14-7-2-1-3-8-14/h1-9,13,16,20H,10-11H2/t13-,16-,18-/m0/s1. The van der Waals surface area contributed by atoms with Gasteiger partial charge in [-0.3, -0.25) is 4.79 Å². The number of hydrogen-bond donors (Lipinski definition) is 1. The van der Waals surface area contributed by atoms with Crippen molar-refractivity contribution in [2.24, 2.45) is 11.8 Å². The Bertz CT molecular complexity index is 695. The van der Waals surface area contributed by atoms with Gasteiger partial charge in [0, 0.05) is 5.92 Å². The molecule has 2 aromatic carbocycles. The summed E-state index contributed by atoms with van der Waals surface area (Å²) in [5.41, 5.74) is 1.39. The van der Waals surface area contributed by atoms with Crippen molar-refractivity contribution in [3.8, 4) is 0 Å². The molecule has 1 saturated heterocycles. The number of ether oxygens (including phenoxy) is 1. The first-order valence-corrected chi connectivity index (χ1v) is 7.24. The number of fused-ring (bicyclic) bond motifs is 2. The maximum absolute atomic E-state index is 12.2. The molecule has 21 heavy (non-hydrogen) atoms. The molecule has 2 aliphatic rings. The van der Waals surface area contributed by atoms with Gasteiger partial charge in [-0.25, -0.2) is 0 Å². The zero-order valence-electron chi connectivity index (χ0n) is 11.5. The molecule has 0 bridgehead atoms. The molecule has 1 aliphatic heterocycles. The van der Waals surface area contributed by atoms with Crippen molar-refractivity contribution in [1.82, 2.24) is 0 Å². The molecule has 0 spiro atoms. The van der Waals surface area contributed by atoms with Crippen molar-refractivity contribution in [2.45, 2.75) is 12.0 Å². The third-order valence-corrected chi connectivity index (χ3v) is 4.74. The molecule has 1 fully saturated rings. The van der Waals surface area contributed by atoms with Crippen molar-refractivity contribution in [1.29, 1.82) is 0 Å². The van der Waals surface area contributed by atoms with Crippen LogP contribution in [-0.2, 0) is 21.6 Å². The van der Waals surface area contributed by atoms with Crippen LogP contribution in [-0.4, -0.2) is 17.7 Å². The monoisotopic (exact) mass is 280 g/mol. The van der Waals surface area contributed by atoms with Crippen LogP contribution in [0.2, 0.25) is 0 Å². The SMILES string of the molecule is O=C1OC[C@@H]2Cc3ccccc3[C@@](O)(c3ccccc3)[C@H]12. The number of rotatable bonds is 1. The van der Waals surface area contributed by atoms with Gasteiger partial charge in [-0.2, -0.15) is 0 Å². The Morgan fingerprint density at radius 2 is 1.76 bits per heavy atom. The highest BCUT2D eigenvalue weighted by Gasteiger charge is 2.56. The minimum Gasteiger partial charge on any atom is -0.465 e. The van der Waals surface area contributed by atoms with Crippen LogP contribution in [0.4, 0.5) is 0 Å². The number of aliphatic hydroxyl groups is 1. The first kappa shape index (κ1) is 12.6. The molecular formula is C18H16O3. The molecule has 106 valence electrons. The van der Waals surface area contributed by atoms with Crippen molar-refractivity contribution in [3.05, 3.63) is 71.3 Å². The second-order valence-electron chi connectivity index (χ2n) is 5.86. The van der Waals surface area contributed by atoms with Gasteiger partial charge in [0.1, 0.15) is 11.5 Å². The van der Waals surface area contributed by atoms with Crippen LogP contribution in [0.3, 0.4) is 0 Å². The van der Waals surface area contributed by atoms with Gasteiger partial charge in [0.2, 0.25) is 0 Å². The molecule has 3 nitrogen and oxygen atoms in total. The minimum atomic E-state index is -1.30. The smallest absolute Gasteiger partial charge is 0.313 e. The van der Waals surface area contributed by atoms with E-state index in [1.807, 2.05) is 54.6 Å². The molecule has 1 heterocycles. The summed E-state index contributed by atoms with van der Waals surface area (Å²) in [6.45, 7) is 0.396. The van der Waals surface area contributed by atoms with Crippen LogP contribution in [0, 0.1) is 11.8 Å². The van der Waals surface area contributed by atoms with E-state index >= 15 is 0 Å². The predicted molar refractivity (Wildman–Crippen MR) is 77.5 cm³/mol. The van der Waals surface area contributed by atoms with E-state index in [1.54, 1.807) is 0 Å². The van der Waals surface area contributed by atoms with Gasteiger partial charge >= 0.3 is 5.97 Å². The minimum absolute atomic E-state index is 0.0395. The summed E-state index contributed by atoms with van der Waals surface area (Å²) in [4.78, 5) is 12.2. The molecule has 0 radical (unpaired) electrons. The fourth-order valence-corrected chi connectivity index (χ4v) is 3.80. The van der Waals surface area contributed by atoms with E-state index in [4.69, 9.17) is 4.74 Å². The number of benzene rings is 2. The quantitative estimate of drug-likeness (QED) is 0.815. The maximum Gasteiger partial charge on any atom is 0.313 e. The number of esters is 1. The van der Waals surface area contributed by atoms with E-state index in [9.17, 15) is 9.90 Å². The van der Waals surface area contributed by atoms with Crippen LogP contribution >= 0.6 is 0 Å². The van der Waals surface area contributed by atoms with Crippen LogP contribution in [0.5, 0.6) is 0 Å². The molecule has 1 aliphatic carbocycles. The summed E-state index contributed by atoms with van der Waals surface area (Å²) in [7, 11) is 0. The first-order chi connectivity index (χ1) is 10.2. The first-order valence-electron chi connectivity index (χ1n) is 7.24. The summed E-state index contributed by atoms with van der Waals surface area (Å²) in [5.74, 6) is -0.770. The number of cyclic esters (lactones) is 1. The lowest BCUT2D eigenvalue weighted by Crippen LogP contribution is -2.46. The fourth-order valence-electron chi connectivity index (χ4n) is 3.80. The summed E-state index contributed by atoms with van der Waals surface area (Å²) < 4.78 is 5.25. The van der Waals surface area contributed by atoms with Gasteiger partial charge in [-0.1, -0.05) is 54.6 Å². The third kappa shape index (κ3) is 1.67. The Kier molecular flexibility index (Phi) is 2.66. The number of carbonyl (C=O) groups is 1. The average Bonchev–Trinajstić information content (AvgIpc) is 2.90. The Morgan fingerprint density at radius 3 is 2.57 bits per heavy atom. The van der Waals surface area contributed by atoms with Crippen molar-refractivity contribution < 1.29 is 14.6 Å². The van der Waals surface area contributed by atoms with Gasteiger partial charge in [-0.15, -0.1) is 0 Å². The Balaban J connectivity index is 1.98. The Morgan fingerprint density at radius 1 is 1.05 bits per heavy atom. The molecule has 0 saturated carbocycles. The summed E-state index contributed by atoms with van der Waals surface area (Å²) in [6.07, 6.45) is 0.779. The summed E-state index contributed by atoms with van der Waals surface area (Å²) in [6, 6.07) is 17.3. The lowest BCUT2D eigenvalue weighted by atomic mass is 9.64. The molecule has 0 amide bonds. The van der Waals surface area contributed by atoms with Crippen molar-refractivity contribution in [2.75, 3.05) is 6.61 Å². The fraction of sp³-hybridized carbons (Fsp3) is 0.278. The highest BCUT2D eigenvalue weighted by atomic mass is 16.5. The second kappa shape index (κ2) is 4.43. The van der Waals surface area contributed by atoms with Gasteiger partial charge in [0.05, 0.1) is 6.61 Å². The van der Waals surface area contributed by atoms with Crippen LogP contribution in [0.15, 0.2) is 54.6 Å². The molecule has 4 rings (SSSR count). The van der Waals surface area contributed by atoms with E-state index in [2.05, 4.69) is 0 Å². The molecule has 0 aromatic heterocycles. The average molecular weight is 280 g/mol. The topological polar surface area (TPSA) is 46.5 Å². The zero-order chi connectivity index (χ0) is 14.4. The predicted octanol–water partition coefficient (Wildman–Crippen LogP) is 2.27. The normalized spacial score (nSPS) is 30.4. The van der Waals surface area contributed by atoms with Crippen LogP contribution in [0.25, 0.3) is 0 Å². The molecule has 1 N–H and O–H groups in total. The molecule has 0 unspecified atom stereocenters. The Labute approximate surface area is 123 Å². The zero-order valence-corrected chi connectivity index (χ0v) is 11.5. The van der Waals surface area contributed by atoms with E-state index in [0.717, 1.165) is 23.1 Å². The summed E-state index contributed by atoms with van der Waals surface area (Å²) >= 11 is 0. The summed E-state index contributed by atoms with van der Waals surface area (Å²) in [5, 5.41) is 11.5. The van der Waals surface area contributed by atoms with Gasteiger partial charge in [0.25, 0.3) is 0 Å². The van der Waals surface area contributed by atoms with Gasteiger partial charge < -0.3 is 9.84 Å². The number of carbonyl (C=O) groups excluding carboxylic acids is 1. The highest BCUT2D eigenvalue weighted by molar-refractivity contribution is 5.78. The van der Waals surface area contributed by atoms with Crippen molar-refractivity contribution >= 4 is 5.97 Å².